The van der Waals surface area contributed by atoms with E-state index in [2.05, 4.69) is 72.3 Å². The molecule has 9 heteroatoms. The van der Waals surface area contributed by atoms with Crippen LogP contribution in [0.5, 0.6) is 0 Å². The summed E-state index contributed by atoms with van der Waals surface area (Å²) in [5.74, 6) is -0.302. The number of carbonyl (C=O) groups is 1. The van der Waals surface area contributed by atoms with Gasteiger partial charge < -0.3 is 39.0 Å². The number of aliphatic hydroxyl groups is 1. The maximum Gasteiger partial charge on any atom is 0.407 e. The maximum atomic E-state index is 11.8. The van der Waals surface area contributed by atoms with E-state index in [1.54, 1.807) is 0 Å². The zero-order valence-corrected chi connectivity index (χ0v) is 26.4. The van der Waals surface area contributed by atoms with Crippen molar-refractivity contribution in [2.24, 2.45) is 5.92 Å². The SMILES string of the molecule is C=CCOC(=O)NCc1cccc(-c2ccc([C@H]3O[C@@H](CN4CCC5(CC4)OCCO5)[C@@H](C)[C@@H](c4ccc(CO)cc4)O3)cc2)c1. The lowest BCUT2D eigenvalue weighted by Crippen LogP contribution is -2.50. The zero-order chi connectivity index (χ0) is 31.9. The minimum absolute atomic E-state index is 0.00758. The van der Waals surface area contributed by atoms with Crippen LogP contribution in [-0.2, 0) is 36.8 Å². The lowest BCUT2D eigenvalue weighted by atomic mass is 9.89. The fourth-order valence-corrected chi connectivity index (χ4v) is 6.50. The Morgan fingerprint density at radius 1 is 0.978 bits per heavy atom. The van der Waals surface area contributed by atoms with E-state index in [0.717, 1.165) is 65.9 Å². The van der Waals surface area contributed by atoms with Gasteiger partial charge in [-0.05, 0) is 33.9 Å². The molecule has 2 N–H and O–H groups in total. The number of alkyl carbamates (subject to hydrolysis) is 1. The lowest BCUT2D eigenvalue weighted by molar-refractivity contribution is -0.278. The van der Waals surface area contributed by atoms with Crippen molar-refractivity contribution >= 4 is 6.09 Å². The van der Waals surface area contributed by atoms with E-state index in [1.807, 2.05) is 24.3 Å². The molecular formula is C37H44N2O7. The highest BCUT2D eigenvalue weighted by molar-refractivity contribution is 5.68. The van der Waals surface area contributed by atoms with Crippen LogP contribution in [0.3, 0.4) is 0 Å². The average Bonchev–Trinajstić information content (AvgIpc) is 3.56. The number of amides is 1. The highest BCUT2D eigenvalue weighted by Crippen LogP contribution is 2.42. The van der Waals surface area contributed by atoms with Crippen LogP contribution in [0.25, 0.3) is 11.1 Å². The molecule has 3 aromatic rings. The number of nitrogens with one attached hydrogen (secondary N) is 1. The number of aliphatic hydroxyl groups excluding tert-OH is 1. The number of carbonyl (C=O) groups excluding carboxylic acids is 1. The minimum atomic E-state index is -0.535. The van der Waals surface area contributed by atoms with E-state index >= 15 is 0 Å². The molecule has 0 aliphatic carbocycles. The molecule has 0 radical (unpaired) electrons. The average molecular weight is 629 g/mol. The van der Waals surface area contributed by atoms with Crippen molar-refractivity contribution in [3.63, 3.8) is 0 Å². The predicted molar refractivity (Wildman–Crippen MR) is 174 cm³/mol. The Bertz CT molecular complexity index is 1450. The third-order valence-corrected chi connectivity index (χ3v) is 9.21. The van der Waals surface area contributed by atoms with Crippen molar-refractivity contribution in [2.75, 3.05) is 39.5 Å². The zero-order valence-electron chi connectivity index (χ0n) is 26.4. The highest BCUT2D eigenvalue weighted by atomic mass is 16.7. The van der Waals surface area contributed by atoms with Gasteiger partial charge in [0.25, 0.3) is 0 Å². The Morgan fingerprint density at radius 3 is 2.39 bits per heavy atom. The van der Waals surface area contributed by atoms with Crippen molar-refractivity contribution in [3.05, 3.63) is 108 Å². The summed E-state index contributed by atoms with van der Waals surface area (Å²) in [7, 11) is 0. The molecule has 0 saturated carbocycles. The fraction of sp³-hybridized carbons (Fsp3) is 0.432. The molecule has 46 heavy (non-hydrogen) atoms. The van der Waals surface area contributed by atoms with Gasteiger partial charge in [-0.25, -0.2) is 4.79 Å². The molecule has 1 spiro atoms. The summed E-state index contributed by atoms with van der Waals surface area (Å²) in [5.41, 5.74) is 5.96. The molecule has 0 bridgehead atoms. The summed E-state index contributed by atoms with van der Waals surface area (Å²) < 4.78 is 30.3. The first-order valence-electron chi connectivity index (χ1n) is 16.2. The van der Waals surface area contributed by atoms with Gasteiger partial charge in [0, 0.05) is 50.5 Å². The van der Waals surface area contributed by atoms with Crippen molar-refractivity contribution in [2.45, 2.75) is 57.2 Å². The van der Waals surface area contributed by atoms with Crippen LogP contribution in [0.2, 0.25) is 0 Å². The number of rotatable bonds is 10. The number of nitrogens with zero attached hydrogens (tertiary/aromatic N) is 1. The number of ether oxygens (including phenoxy) is 5. The fourth-order valence-electron chi connectivity index (χ4n) is 6.50. The van der Waals surface area contributed by atoms with Crippen molar-refractivity contribution in [3.8, 4) is 11.1 Å². The Balaban J connectivity index is 1.16. The first-order chi connectivity index (χ1) is 22.4. The molecule has 6 rings (SSSR count). The van der Waals surface area contributed by atoms with Crippen LogP contribution in [-0.4, -0.2) is 67.4 Å². The number of piperidine rings is 1. The van der Waals surface area contributed by atoms with E-state index in [4.69, 9.17) is 23.7 Å². The third kappa shape index (κ3) is 7.69. The van der Waals surface area contributed by atoms with Crippen LogP contribution in [0.15, 0.2) is 85.5 Å². The van der Waals surface area contributed by atoms with E-state index in [1.165, 1.54) is 6.08 Å². The van der Waals surface area contributed by atoms with Gasteiger partial charge >= 0.3 is 6.09 Å². The highest BCUT2D eigenvalue weighted by Gasteiger charge is 2.43. The molecule has 4 atom stereocenters. The first kappa shape index (κ1) is 32.4. The summed E-state index contributed by atoms with van der Waals surface area (Å²) in [6.45, 7) is 10.2. The van der Waals surface area contributed by atoms with Crippen LogP contribution >= 0.6 is 0 Å². The summed E-state index contributed by atoms with van der Waals surface area (Å²) in [4.78, 5) is 14.3. The molecule has 0 aromatic heterocycles. The third-order valence-electron chi connectivity index (χ3n) is 9.21. The second-order valence-electron chi connectivity index (χ2n) is 12.3. The van der Waals surface area contributed by atoms with Gasteiger partial charge in [0.2, 0.25) is 0 Å². The molecule has 3 heterocycles. The van der Waals surface area contributed by atoms with Crippen LogP contribution in [0.4, 0.5) is 4.79 Å². The molecule has 3 aromatic carbocycles. The Hall–Kier alpha value is -3.57. The van der Waals surface area contributed by atoms with Gasteiger partial charge in [0.1, 0.15) is 6.61 Å². The van der Waals surface area contributed by atoms with Crippen LogP contribution in [0.1, 0.15) is 54.4 Å². The molecule has 3 fully saturated rings. The van der Waals surface area contributed by atoms with Gasteiger partial charge in [0.05, 0.1) is 32.0 Å². The topological polar surface area (TPSA) is 98.7 Å². The minimum Gasteiger partial charge on any atom is -0.445 e. The second-order valence-corrected chi connectivity index (χ2v) is 12.3. The molecule has 3 saturated heterocycles. The summed E-state index contributed by atoms with van der Waals surface area (Å²) >= 11 is 0. The summed E-state index contributed by atoms with van der Waals surface area (Å²) in [6.07, 6.45) is 2.02. The number of benzene rings is 3. The standard InChI is InChI=1S/C37H44N2O7/c1-3-19-42-36(41)38-23-28-5-4-6-32(22-28)29-11-13-31(14-12-29)35-45-33(24-39-17-15-37(16-18-39)43-20-21-44-37)26(2)34(46-35)30-9-7-27(25-40)8-10-30/h3-14,22,26,33-35,40H,1,15-21,23-25H2,2H3,(H,38,41)/t26-,33+,34+,35+/m1/s1. The van der Waals surface area contributed by atoms with Crippen LogP contribution < -0.4 is 5.32 Å². The maximum absolute atomic E-state index is 11.8. The van der Waals surface area contributed by atoms with Crippen LogP contribution in [0, 0.1) is 5.92 Å². The molecular weight excluding hydrogens is 584 g/mol. The normalized spacial score (nSPS) is 24.5. The Labute approximate surface area is 271 Å². The molecule has 1 amide bonds. The molecule has 3 aliphatic heterocycles. The monoisotopic (exact) mass is 628 g/mol. The van der Waals surface area contributed by atoms with Crippen molar-refractivity contribution in [1.82, 2.24) is 10.2 Å². The van der Waals surface area contributed by atoms with Gasteiger partial charge in [-0.2, -0.15) is 0 Å². The quantitative estimate of drug-likeness (QED) is 0.269. The smallest absolute Gasteiger partial charge is 0.407 e. The Kier molecular flexibility index (Phi) is 10.5. The van der Waals surface area contributed by atoms with E-state index < -0.39 is 18.2 Å². The Morgan fingerprint density at radius 2 is 1.70 bits per heavy atom. The van der Waals surface area contributed by atoms with E-state index in [9.17, 15) is 9.90 Å². The van der Waals surface area contributed by atoms with Gasteiger partial charge in [-0.15, -0.1) is 0 Å². The van der Waals surface area contributed by atoms with Crippen molar-refractivity contribution in [1.29, 1.82) is 0 Å². The summed E-state index contributed by atoms with van der Waals surface area (Å²) in [6, 6.07) is 24.4. The first-order valence-corrected chi connectivity index (χ1v) is 16.2. The molecule has 3 aliphatic rings. The molecule has 244 valence electrons. The summed E-state index contributed by atoms with van der Waals surface area (Å²) in [5, 5.41) is 12.3. The largest absolute Gasteiger partial charge is 0.445 e. The van der Waals surface area contributed by atoms with E-state index in [-0.39, 0.29) is 31.3 Å². The van der Waals surface area contributed by atoms with E-state index in [0.29, 0.717) is 19.8 Å². The second kappa shape index (κ2) is 14.9. The lowest BCUT2D eigenvalue weighted by Gasteiger charge is -2.44. The predicted octanol–water partition coefficient (Wildman–Crippen LogP) is 5.89. The number of likely N-dealkylation sites (tertiary alicyclic amines) is 1. The number of hydrogen-bond acceptors (Lipinski definition) is 8. The van der Waals surface area contributed by atoms with Crippen molar-refractivity contribution < 1.29 is 33.6 Å². The van der Waals surface area contributed by atoms with Gasteiger partial charge in [-0.1, -0.05) is 86.3 Å². The van der Waals surface area contributed by atoms with Gasteiger partial charge in [-0.3, -0.25) is 0 Å². The van der Waals surface area contributed by atoms with Gasteiger partial charge in [0.15, 0.2) is 12.1 Å². The molecule has 9 nitrogen and oxygen atoms in total. The molecule has 0 unspecified atom stereocenters. The number of hydrogen-bond donors (Lipinski definition) is 2.